The van der Waals surface area contributed by atoms with E-state index >= 15 is 0 Å². The van der Waals surface area contributed by atoms with Gasteiger partial charge in [-0.15, -0.1) is 0 Å². The van der Waals surface area contributed by atoms with E-state index in [1.54, 1.807) is 0 Å². The van der Waals surface area contributed by atoms with Crippen molar-refractivity contribution in [2.75, 3.05) is 11.9 Å². The van der Waals surface area contributed by atoms with Crippen molar-refractivity contribution in [3.8, 4) is 0 Å². The molecule has 0 amide bonds. The second-order valence-electron chi connectivity index (χ2n) is 4.27. The zero-order valence-electron chi connectivity index (χ0n) is 8.38. The fraction of sp³-hybridized carbons (Fsp3) is 0.778. The molecule has 1 aromatic rings. The summed E-state index contributed by atoms with van der Waals surface area (Å²) in [6.45, 7) is 5.51. The molecule has 1 aliphatic carbocycles. The van der Waals surface area contributed by atoms with Gasteiger partial charge in [0.25, 0.3) is 0 Å². The first kappa shape index (κ1) is 10.2. The first-order valence-corrected chi connectivity index (χ1v) is 5.97. The van der Waals surface area contributed by atoms with Gasteiger partial charge in [-0.25, -0.2) is 0 Å². The van der Waals surface area contributed by atoms with Crippen molar-refractivity contribution in [2.24, 2.45) is 11.3 Å². The van der Waals surface area contributed by atoms with Crippen LogP contribution >= 0.6 is 23.3 Å². The first-order chi connectivity index (χ1) is 6.64. The zero-order valence-corrected chi connectivity index (χ0v) is 9.95. The summed E-state index contributed by atoms with van der Waals surface area (Å²) in [4.78, 5) is 0. The lowest BCUT2D eigenvalue weighted by Gasteiger charge is -2.19. The van der Waals surface area contributed by atoms with Gasteiger partial charge in [-0.3, -0.25) is 0 Å². The second-order valence-corrected chi connectivity index (χ2v) is 5.16. The van der Waals surface area contributed by atoms with Crippen LogP contribution in [0.4, 0.5) is 5.82 Å². The molecular weight excluding hydrogens is 218 g/mol. The van der Waals surface area contributed by atoms with Gasteiger partial charge in [0.15, 0.2) is 11.0 Å². The maximum atomic E-state index is 5.84. The third-order valence-corrected chi connectivity index (χ3v) is 4.07. The van der Waals surface area contributed by atoms with E-state index in [1.807, 2.05) is 0 Å². The van der Waals surface area contributed by atoms with E-state index in [1.165, 1.54) is 12.8 Å². The molecule has 1 fully saturated rings. The summed E-state index contributed by atoms with van der Waals surface area (Å²) in [6.07, 6.45) is 2.62. The van der Waals surface area contributed by atoms with Crippen LogP contribution in [0.2, 0.25) is 5.15 Å². The summed E-state index contributed by atoms with van der Waals surface area (Å²) in [5, 5.41) is 3.78. The van der Waals surface area contributed by atoms with Gasteiger partial charge in [0.1, 0.15) is 0 Å². The molecule has 14 heavy (non-hydrogen) atoms. The van der Waals surface area contributed by atoms with E-state index in [-0.39, 0.29) is 0 Å². The van der Waals surface area contributed by atoms with E-state index in [4.69, 9.17) is 11.6 Å². The van der Waals surface area contributed by atoms with Crippen LogP contribution in [0.5, 0.6) is 0 Å². The minimum absolute atomic E-state index is 0.479. The van der Waals surface area contributed by atoms with Crippen molar-refractivity contribution in [1.82, 2.24) is 8.75 Å². The normalized spacial score (nSPS) is 18.6. The quantitative estimate of drug-likeness (QED) is 0.866. The maximum Gasteiger partial charge on any atom is 0.186 e. The molecular formula is C9H14ClN3S. The molecule has 0 bridgehead atoms. The highest BCUT2D eigenvalue weighted by molar-refractivity contribution is 6.99. The average molecular weight is 232 g/mol. The molecule has 0 aromatic carbocycles. The molecule has 2 rings (SSSR count). The summed E-state index contributed by atoms with van der Waals surface area (Å²) >= 11 is 6.99. The zero-order chi connectivity index (χ0) is 10.2. The standard InChI is InChI=1S/C9H14ClN3S/c1-6(2)9(3-4-9)5-11-8-7(10)12-14-13-8/h6H,3-5H2,1-2H3,(H,11,13). The smallest absolute Gasteiger partial charge is 0.186 e. The topological polar surface area (TPSA) is 37.8 Å². The van der Waals surface area contributed by atoms with Crippen LogP contribution in [0.1, 0.15) is 26.7 Å². The molecule has 0 spiro atoms. The number of hydrogen-bond acceptors (Lipinski definition) is 4. The highest BCUT2D eigenvalue weighted by Gasteiger charge is 2.45. The van der Waals surface area contributed by atoms with Gasteiger partial charge >= 0.3 is 0 Å². The van der Waals surface area contributed by atoms with Gasteiger partial charge in [-0.2, -0.15) is 8.75 Å². The van der Waals surface area contributed by atoms with E-state index in [0.717, 1.165) is 30.0 Å². The Hall–Kier alpha value is -0.350. The third-order valence-electron chi connectivity index (χ3n) is 3.17. The Morgan fingerprint density at radius 1 is 1.50 bits per heavy atom. The predicted octanol–water partition coefficient (Wildman–Crippen LogP) is 3.04. The van der Waals surface area contributed by atoms with Crippen LogP contribution in [0.15, 0.2) is 0 Å². The molecule has 1 heterocycles. The van der Waals surface area contributed by atoms with Crippen LogP contribution in [0.25, 0.3) is 0 Å². The SMILES string of the molecule is CC(C)C1(CNc2nsnc2Cl)CC1. The summed E-state index contributed by atoms with van der Waals surface area (Å²) in [5.74, 6) is 1.46. The molecule has 78 valence electrons. The Kier molecular flexibility index (Phi) is 2.66. The molecule has 1 aliphatic rings. The van der Waals surface area contributed by atoms with E-state index in [0.29, 0.717) is 10.6 Å². The molecule has 5 heteroatoms. The predicted molar refractivity (Wildman–Crippen MR) is 59.9 cm³/mol. The van der Waals surface area contributed by atoms with Gasteiger partial charge < -0.3 is 5.32 Å². The fourth-order valence-corrected chi connectivity index (χ4v) is 2.35. The van der Waals surface area contributed by atoms with Gasteiger partial charge in [-0.05, 0) is 24.2 Å². The number of aromatic nitrogens is 2. The van der Waals surface area contributed by atoms with E-state index < -0.39 is 0 Å². The summed E-state index contributed by atoms with van der Waals surface area (Å²) in [7, 11) is 0. The number of anilines is 1. The van der Waals surface area contributed by atoms with Crippen molar-refractivity contribution in [3.05, 3.63) is 5.15 Å². The Balaban J connectivity index is 1.92. The van der Waals surface area contributed by atoms with Crippen molar-refractivity contribution < 1.29 is 0 Å². The molecule has 3 nitrogen and oxygen atoms in total. The fourth-order valence-electron chi connectivity index (χ4n) is 1.66. The summed E-state index contributed by atoms with van der Waals surface area (Å²) in [6, 6.07) is 0. The largest absolute Gasteiger partial charge is 0.366 e. The van der Waals surface area contributed by atoms with Crippen LogP contribution < -0.4 is 5.32 Å². The third kappa shape index (κ3) is 1.86. The Morgan fingerprint density at radius 3 is 2.64 bits per heavy atom. The molecule has 1 saturated carbocycles. The van der Waals surface area contributed by atoms with Crippen molar-refractivity contribution >= 4 is 29.1 Å². The minimum Gasteiger partial charge on any atom is -0.366 e. The van der Waals surface area contributed by atoms with Gasteiger partial charge in [0.2, 0.25) is 0 Å². The molecule has 0 unspecified atom stereocenters. The number of halogens is 1. The van der Waals surface area contributed by atoms with Crippen molar-refractivity contribution in [3.63, 3.8) is 0 Å². The number of rotatable bonds is 4. The summed E-state index contributed by atoms with van der Waals surface area (Å²) < 4.78 is 8.01. The number of nitrogens with zero attached hydrogens (tertiary/aromatic N) is 2. The van der Waals surface area contributed by atoms with Gasteiger partial charge in [-0.1, -0.05) is 25.4 Å². The minimum atomic E-state index is 0.479. The van der Waals surface area contributed by atoms with Gasteiger partial charge in [0, 0.05) is 6.54 Å². The highest BCUT2D eigenvalue weighted by Crippen LogP contribution is 2.51. The first-order valence-electron chi connectivity index (χ1n) is 4.86. The Bertz CT molecular complexity index is 320. The molecule has 0 atom stereocenters. The van der Waals surface area contributed by atoms with E-state index in [9.17, 15) is 0 Å². The Labute approximate surface area is 93.2 Å². The Morgan fingerprint density at radius 2 is 2.21 bits per heavy atom. The molecule has 0 radical (unpaired) electrons. The number of nitrogens with one attached hydrogen (secondary N) is 1. The highest BCUT2D eigenvalue weighted by atomic mass is 35.5. The average Bonchev–Trinajstić information content (AvgIpc) is 2.83. The molecule has 0 saturated heterocycles. The van der Waals surface area contributed by atoms with Crippen LogP contribution in [-0.4, -0.2) is 15.3 Å². The molecule has 1 aromatic heterocycles. The molecule has 1 N–H and O–H groups in total. The van der Waals surface area contributed by atoms with Crippen LogP contribution in [0.3, 0.4) is 0 Å². The monoisotopic (exact) mass is 231 g/mol. The lowest BCUT2D eigenvalue weighted by atomic mass is 9.92. The number of hydrogen-bond donors (Lipinski definition) is 1. The van der Waals surface area contributed by atoms with Gasteiger partial charge in [0.05, 0.1) is 11.7 Å². The molecule has 0 aliphatic heterocycles. The lowest BCUT2D eigenvalue weighted by Crippen LogP contribution is -2.21. The summed E-state index contributed by atoms with van der Waals surface area (Å²) in [5.41, 5.74) is 0.479. The lowest BCUT2D eigenvalue weighted by molar-refractivity contribution is 0.380. The van der Waals surface area contributed by atoms with Crippen molar-refractivity contribution in [2.45, 2.75) is 26.7 Å². The maximum absolute atomic E-state index is 5.84. The second kappa shape index (κ2) is 3.66. The van der Waals surface area contributed by atoms with Crippen LogP contribution in [0, 0.1) is 11.3 Å². The van der Waals surface area contributed by atoms with Crippen molar-refractivity contribution in [1.29, 1.82) is 0 Å². The van der Waals surface area contributed by atoms with E-state index in [2.05, 4.69) is 27.9 Å². The van der Waals surface area contributed by atoms with Crippen LogP contribution in [-0.2, 0) is 0 Å².